The van der Waals surface area contributed by atoms with Gasteiger partial charge in [-0.05, 0) is 43.7 Å². The van der Waals surface area contributed by atoms with Crippen LogP contribution in [0.3, 0.4) is 0 Å². The van der Waals surface area contributed by atoms with E-state index >= 15 is 0 Å². The third-order valence-corrected chi connectivity index (χ3v) is 5.57. The minimum atomic E-state index is 0.549. The van der Waals surface area contributed by atoms with E-state index in [0.29, 0.717) is 6.04 Å². The van der Waals surface area contributed by atoms with Crippen LogP contribution in [0.5, 0.6) is 0 Å². The first-order valence-corrected chi connectivity index (χ1v) is 8.23. The van der Waals surface area contributed by atoms with E-state index in [0.717, 1.165) is 16.1 Å². The first-order chi connectivity index (χ1) is 7.70. The highest BCUT2D eigenvalue weighted by Crippen LogP contribution is 2.39. The SMILES string of the molecule is CSC(C)CCNC1CCc2sc(Cl)cc21. The van der Waals surface area contributed by atoms with Crippen LogP contribution in [-0.2, 0) is 6.42 Å². The van der Waals surface area contributed by atoms with Crippen molar-refractivity contribution >= 4 is 34.7 Å². The molecule has 2 atom stereocenters. The molecule has 0 radical (unpaired) electrons. The summed E-state index contributed by atoms with van der Waals surface area (Å²) in [5, 5.41) is 4.40. The first-order valence-electron chi connectivity index (χ1n) is 5.75. The molecule has 0 aromatic carbocycles. The number of hydrogen-bond acceptors (Lipinski definition) is 3. The lowest BCUT2D eigenvalue weighted by atomic mass is 10.1. The van der Waals surface area contributed by atoms with Crippen LogP contribution < -0.4 is 5.32 Å². The summed E-state index contributed by atoms with van der Waals surface area (Å²) in [5.74, 6) is 0. The highest BCUT2D eigenvalue weighted by molar-refractivity contribution is 7.99. The van der Waals surface area contributed by atoms with Gasteiger partial charge in [-0.1, -0.05) is 18.5 Å². The van der Waals surface area contributed by atoms with E-state index < -0.39 is 0 Å². The average Bonchev–Trinajstić information content (AvgIpc) is 2.78. The summed E-state index contributed by atoms with van der Waals surface area (Å²) in [5.41, 5.74) is 1.45. The molecule has 1 aliphatic carbocycles. The number of thioether (sulfide) groups is 1. The molecule has 1 N–H and O–H groups in total. The van der Waals surface area contributed by atoms with E-state index in [2.05, 4.69) is 24.6 Å². The number of thiophene rings is 1. The highest BCUT2D eigenvalue weighted by atomic mass is 35.5. The van der Waals surface area contributed by atoms with Crippen molar-refractivity contribution < 1.29 is 0 Å². The minimum absolute atomic E-state index is 0.549. The molecule has 1 aromatic rings. The Hall–Kier alpha value is 0.300. The molecule has 0 aliphatic heterocycles. The van der Waals surface area contributed by atoms with Gasteiger partial charge in [0.25, 0.3) is 0 Å². The maximum atomic E-state index is 6.04. The zero-order chi connectivity index (χ0) is 11.5. The van der Waals surface area contributed by atoms with E-state index in [4.69, 9.17) is 11.6 Å². The Kier molecular flexibility index (Phi) is 4.59. The molecule has 1 nitrogen and oxygen atoms in total. The molecule has 0 saturated carbocycles. The van der Waals surface area contributed by atoms with Crippen LogP contribution in [0.4, 0.5) is 0 Å². The molecule has 0 spiro atoms. The summed E-state index contributed by atoms with van der Waals surface area (Å²) in [6.07, 6.45) is 5.86. The summed E-state index contributed by atoms with van der Waals surface area (Å²) in [6.45, 7) is 3.40. The molecule has 0 fully saturated rings. The molecule has 1 heterocycles. The third kappa shape index (κ3) is 2.95. The van der Waals surface area contributed by atoms with Gasteiger partial charge in [0.05, 0.1) is 4.34 Å². The van der Waals surface area contributed by atoms with Gasteiger partial charge in [-0.15, -0.1) is 11.3 Å². The monoisotopic (exact) mass is 275 g/mol. The summed E-state index contributed by atoms with van der Waals surface area (Å²) in [6, 6.07) is 2.69. The average molecular weight is 276 g/mol. The van der Waals surface area contributed by atoms with Crippen LogP contribution in [-0.4, -0.2) is 18.1 Å². The van der Waals surface area contributed by atoms with Crippen LogP contribution in [0, 0.1) is 0 Å². The minimum Gasteiger partial charge on any atom is -0.310 e. The summed E-state index contributed by atoms with van der Waals surface area (Å²) < 4.78 is 0.939. The third-order valence-electron chi connectivity index (χ3n) is 3.19. The van der Waals surface area contributed by atoms with Gasteiger partial charge in [0, 0.05) is 16.2 Å². The molecule has 1 aromatic heterocycles. The summed E-state index contributed by atoms with van der Waals surface area (Å²) >= 11 is 9.72. The van der Waals surface area contributed by atoms with Gasteiger partial charge in [0.2, 0.25) is 0 Å². The number of fused-ring (bicyclic) bond motifs is 1. The molecular weight excluding hydrogens is 258 g/mol. The number of aryl methyl sites for hydroxylation is 1. The molecule has 0 saturated heterocycles. The largest absolute Gasteiger partial charge is 0.310 e. The Morgan fingerprint density at radius 2 is 2.50 bits per heavy atom. The molecular formula is C12H18ClNS2. The van der Waals surface area contributed by atoms with Gasteiger partial charge in [0.15, 0.2) is 0 Å². The Morgan fingerprint density at radius 1 is 1.69 bits per heavy atom. The van der Waals surface area contributed by atoms with Gasteiger partial charge in [-0.25, -0.2) is 0 Å². The van der Waals surface area contributed by atoms with Crippen molar-refractivity contribution in [3.05, 3.63) is 20.8 Å². The predicted molar refractivity (Wildman–Crippen MR) is 76.0 cm³/mol. The van der Waals surface area contributed by atoms with E-state index in [1.165, 1.54) is 29.7 Å². The second kappa shape index (κ2) is 5.76. The predicted octanol–water partition coefficient (Wildman–Crippen LogP) is 4.12. The van der Waals surface area contributed by atoms with Gasteiger partial charge in [-0.2, -0.15) is 11.8 Å². The summed E-state index contributed by atoms with van der Waals surface area (Å²) in [4.78, 5) is 1.49. The Balaban J connectivity index is 1.83. The smallest absolute Gasteiger partial charge is 0.0934 e. The number of nitrogens with one attached hydrogen (secondary N) is 1. The van der Waals surface area contributed by atoms with Crippen molar-refractivity contribution in [2.24, 2.45) is 0 Å². The lowest BCUT2D eigenvalue weighted by Crippen LogP contribution is -2.22. The molecule has 2 rings (SSSR count). The first kappa shape index (κ1) is 12.7. The zero-order valence-corrected chi connectivity index (χ0v) is 12.1. The molecule has 0 amide bonds. The fourth-order valence-electron chi connectivity index (χ4n) is 2.12. The molecule has 0 bridgehead atoms. The van der Waals surface area contributed by atoms with Crippen molar-refractivity contribution in [2.45, 2.75) is 37.5 Å². The highest BCUT2D eigenvalue weighted by Gasteiger charge is 2.24. The number of rotatable bonds is 5. The quantitative estimate of drug-likeness (QED) is 0.868. The van der Waals surface area contributed by atoms with Crippen molar-refractivity contribution in [3.8, 4) is 0 Å². The second-order valence-corrected chi connectivity index (χ2v) is 7.35. The molecule has 90 valence electrons. The fraction of sp³-hybridized carbons (Fsp3) is 0.667. The normalized spacial score (nSPS) is 21.1. The van der Waals surface area contributed by atoms with Gasteiger partial charge >= 0.3 is 0 Å². The Bertz CT molecular complexity index is 351. The molecule has 4 heteroatoms. The summed E-state index contributed by atoms with van der Waals surface area (Å²) in [7, 11) is 0. The van der Waals surface area contributed by atoms with Crippen LogP contribution in [0.15, 0.2) is 6.07 Å². The van der Waals surface area contributed by atoms with Gasteiger partial charge in [-0.3, -0.25) is 0 Å². The maximum Gasteiger partial charge on any atom is 0.0934 e. The van der Waals surface area contributed by atoms with Crippen molar-refractivity contribution in [2.75, 3.05) is 12.8 Å². The van der Waals surface area contributed by atoms with Crippen LogP contribution in [0.1, 0.15) is 36.2 Å². The standard InChI is InChI=1S/C12H18ClNS2/c1-8(15-2)5-6-14-10-3-4-11-9(10)7-12(13)16-11/h7-8,10,14H,3-6H2,1-2H3. The van der Waals surface area contributed by atoms with Crippen molar-refractivity contribution in [3.63, 3.8) is 0 Å². The topological polar surface area (TPSA) is 12.0 Å². The Morgan fingerprint density at radius 3 is 3.25 bits per heavy atom. The molecule has 1 aliphatic rings. The van der Waals surface area contributed by atoms with E-state index in [1.807, 2.05) is 11.8 Å². The van der Waals surface area contributed by atoms with E-state index in [1.54, 1.807) is 11.3 Å². The molecule has 16 heavy (non-hydrogen) atoms. The number of halogens is 1. The Labute approximate surface area is 111 Å². The van der Waals surface area contributed by atoms with E-state index in [-0.39, 0.29) is 0 Å². The van der Waals surface area contributed by atoms with Gasteiger partial charge in [0.1, 0.15) is 0 Å². The second-order valence-electron chi connectivity index (χ2n) is 4.31. The van der Waals surface area contributed by atoms with Crippen LogP contribution in [0.25, 0.3) is 0 Å². The van der Waals surface area contributed by atoms with Crippen molar-refractivity contribution in [1.82, 2.24) is 5.32 Å². The lowest BCUT2D eigenvalue weighted by molar-refractivity contribution is 0.520. The van der Waals surface area contributed by atoms with Crippen molar-refractivity contribution in [1.29, 1.82) is 0 Å². The zero-order valence-electron chi connectivity index (χ0n) is 9.75. The van der Waals surface area contributed by atoms with Gasteiger partial charge < -0.3 is 5.32 Å². The van der Waals surface area contributed by atoms with E-state index in [9.17, 15) is 0 Å². The maximum absolute atomic E-state index is 6.04. The van der Waals surface area contributed by atoms with Crippen LogP contribution in [0.2, 0.25) is 4.34 Å². The van der Waals surface area contributed by atoms with Crippen LogP contribution >= 0.6 is 34.7 Å². The molecule has 2 unspecified atom stereocenters. The lowest BCUT2D eigenvalue weighted by Gasteiger charge is -2.14. The number of hydrogen-bond donors (Lipinski definition) is 1. The fourth-order valence-corrected chi connectivity index (χ4v) is 3.83.